The van der Waals surface area contributed by atoms with Gasteiger partial charge in [0.1, 0.15) is 0 Å². The summed E-state index contributed by atoms with van der Waals surface area (Å²) < 4.78 is 0. The third kappa shape index (κ3) is 5.39. The maximum Gasteiger partial charge on any atom is 0.236 e. The van der Waals surface area contributed by atoms with Crippen molar-refractivity contribution in [1.29, 1.82) is 0 Å². The van der Waals surface area contributed by atoms with Gasteiger partial charge < -0.3 is 4.90 Å². The molecule has 0 saturated carbocycles. The first-order valence-corrected chi connectivity index (χ1v) is 4.79. The van der Waals surface area contributed by atoms with Crippen molar-refractivity contribution in [3.05, 3.63) is 12.7 Å². The van der Waals surface area contributed by atoms with Gasteiger partial charge in [-0.05, 0) is 6.42 Å². The Kier molecular flexibility index (Phi) is 7.58. The van der Waals surface area contributed by atoms with E-state index in [0.29, 0.717) is 19.6 Å². The number of terminal acetylenes is 1. The van der Waals surface area contributed by atoms with Crippen LogP contribution in [0.2, 0.25) is 0 Å². The lowest BCUT2D eigenvalue weighted by atomic mass is 10.3. The molecule has 0 bridgehead atoms. The monoisotopic (exact) mass is 194 g/mol. The van der Waals surface area contributed by atoms with Gasteiger partial charge in [0.05, 0.1) is 13.1 Å². The second-order valence-electron chi connectivity index (χ2n) is 2.94. The van der Waals surface area contributed by atoms with E-state index in [1.54, 1.807) is 11.0 Å². The van der Waals surface area contributed by atoms with E-state index in [1.165, 1.54) is 0 Å². The normalized spacial score (nSPS) is 9.14. The molecule has 0 aliphatic rings. The SMILES string of the molecule is C#CCNCC(=O)N(CC=C)CCC. The van der Waals surface area contributed by atoms with Crippen LogP contribution in [-0.2, 0) is 4.79 Å². The molecule has 0 fully saturated rings. The summed E-state index contributed by atoms with van der Waals surface area (Å²) in [5.41, 5.74) is 0. The summed E-state index contributed by atoms with van der Waals surface area (Å²) in [4.78, 5) is 13.3. The highest BCUT2D eigenvalue weighted by Crippen LogP contribution is 1.92. The molecule has 0 atom stereocenters. The minimum Gasteiger partial charge on any atom is -0.338 e. The van der Waals surface area contributed by atoms with Crippen molar-refractivity contribution in [1.82, 2.24) is 10.2 Å². The van der Waals surface area contributed by atoms with Gasteiger partial charge >= 0.3 is 0 Å². The van der Waals surface area contributed by atoms with Gasteiger partial charge in [-0.15, -0.1) is 13.0 Å². The van der Waals surface area contributed by atoms with Gasteiger partial charge in [0, 0.05) is 13.1 Å². The molecule has 0 aliphatic heterocycles. The van der Waals surface area contributed by atoms with Crippen LogP contribution in [0.15, 0.2) is 12.7 Å². The van der Waals surface area contributed by atoms with Crippen LogP contribution in [0, 0.1) is 12.3 Å². The smallest absolute Gasteiger partial charge is 0.236 e. The molecule has 0 aromatic carbocycles. The quantitative estimate of drug-likeness (QED) is 0.366. The van der Waals surface area contributed by atoms with E-state index in [2.05, 4.69) is 17.8 Å². The largest absolute Gasteiger partial charge is 0.338 e. The van der Waals surface area contributed by atoms with Crippen LogP contribution in [0.4, 0.5) is 0 Å². The van der Waals surface area contributed by atoms with E-state index in [-0.39, 0.29) is 5.91 Å². The number of hydrogen-bond acceptors (Lipinski definition) is 2. The molecule has 78 valence electrons. The first-order valence-electron chi connectivity index (χ1n) is 4.79. The number of nitrogens with one attached hydrogen (secondary N) is 1. The average Bonchev–Trinajstić information content (AvgIpc) is 2.18. The number of rotatable bonds is 7. The Bertz CT molecular complexity index is 218. The highest BCUT2D eigenvalue weighted by Gasteiger charge is 2.09. The maximum absolute atomic E-state index is 11.5. The van der Waals surface area contributed by atoms with Crippen molar-refractivity contribution in [3.8, 4) is 12.3 Å². The van der Waals surface area contributed by atoms with Gasteiger partial charge in [0.15, 0.2) is 0 Å². The van der Waals surface area contributed by atoms with Gasteiger partial charge in [0.25, 0.3) is 0 Å². The van der Waals surface area contributed by atoms with Gasteiger partial charge in [-0.2, -0.15) is 0 Å². The molecular weight excluding hydrogens is 176 g/mol. The zero-order chi connectivity index (χ0) is 10.8. The van der Waals surface area contributed by atoms with E-state index in [1.807, 2.05) is 6.92 Å². The van der Waals surface area contributed by atoms with E-state index in [0.717, 1.165) is 13.0 Å². The Hall–Kier alpha value is -1.27. The molecule has 14 heavy (non-hydrogen) atoms. The summed E-state index contributed by atoms with van der Waals surface area (Å²) in [7, 11) is 0. The topological polar surface area (TPSA) is 32.3 Å². The standard InChI is InChI=1S/C11H18N2O/c1-4-7-12-10-11(14)13(8-5-2)9-6-3/h1,5,12H,2,6-10H2,3H3. The minimum absolute atomic E-state index is 0.0713. The molecule has 0 radical (unpaired) electrons. The Morgan fingerprint density at radius 1 is 1.71 bits per heavy atom. The molecule has 0 aromatic heterocycles. The molecule has 3 nitrogen and oxygen atoms in total. The Morgan fingerprint density at radius 2 is 2.43 bits per heavy atom. The van der Waals surface area contributed by atoms with E-state index in [9.17, 15) is 4.79 Å². The van der Waals surface area contributed by atoms with Crippen molar-refractivity contribution in [3.63, 3.8) is 0 Å². The molecule has 0 heterocycles. The molecule has 0 aromatic rings. The predicted molar refractivity (Wildman–Crippen MR) is 58.8 cm³/mol. The summed E-state index contributed by atoms with van der Waals surface area (Å²) >= 11 is 0. The number of amides is 1. The first-order chi connectivity index (χ1) is 6.76. The van der Waals surface area contributed by atoms with Gasteiger partial charge in [-0.1, -0.05) is 18.9 Å². The second kappa shape index (κ2) is 8.33. The van der Waals surface area contributed by atoms with E-state index >= 15 is 0 Å². The summed E-state index contributed by atoms with van der Waals surface area (Å²) in [6, 6.07) is 0. The van der Waals surface area contributed by atoms with Crippen LogP contribution >= 0.6 is 0 Å². The first kappa shape index (κ1) is 12.7. The van der Waals surface area contributed by atoms with Crippen LogP contribution < -0.4 is 5.32 Å². The van der Waals surface area contributed by atoms with E-state index in [4.69, 9.17) is 6.42 Å². The number of hydrogen-bond donors (Lipinski definition) is 1. The fraction of sp³-hybridized carbons (Fsp3) is 0.545. The summed E-state index contributed by atoms with van der Waals surface area (Å²) in [5, 5.41) is 2.87. The van der Waals surface area contributed by atoms with Crippen LogP contribution in [-0.4, -0.2) is 37.0 Å². The van der Waals surface area contributed by atoms with Crippen molar-refractivity contribution in [2.24, 2.45) is 0 Å². The lowest BCUT2D eigenvalue weighted by Gasteiger charge is -2.20. The van der Waals surface area contributed by atoms with Crippen molar-refractivity contribution in [2.45, 2.75) is 13.3 Å². The lowest BCUT2D eigenvalue weighted by molar-refractivity contribution is -0.129. The van der Waals surface area contributed by atoms with Crippen LogP contribution in [0.5, 0.6) is 0 Å². The van der Waals surface area contributed by atoms with Gasteiger partial charge in [-0.3, -0.25) is 10.1 Å². The molecule has 1 amide bonds. The zero-order valence-electron chi connectivity index (χ0n) is 8.75. The molecule has 0 unspecified atom stereocenters. The van der Waals surface area contributed by atoms with Gasteiger partial charge in [0.2, 0.25) is 5.91 Å². The molecule has 1 N–H and O–H groups in total. The van der Waals surface area contributed by atoms with Crippen LogP contribution in [0.3, 0.4) is 0 Å². The van der Waals surface area contributed by atoms with E-state index < -0.39 is 0 Å². The minimum atomic E-state index is 0.0713. The maximum atomic E-state index is 11.5. The fourth-order valence-corrected chi connectivity index (χ4v) is 1.10. The summed E-state index contributed by atoms with van der Waals surface area (Å²) in [6.45, 7) is 7.76. The second-order valence-corrected chi connectivity index (χ2v) is 2.94. The van der Waals surface area contributed by atoms with Crippen molar-refractivity contribution in [2.75, 3.05) is 26.2 Å². The van der Waals surface area contributed by atoms with Crippen molar-refractivity contribution < 1.29 is 4.79 Å². The Morgan fingerprint density at radius 3 is 2.93 bits per heavy atom. The van der Waals surface area contributed by atoms with Crippen LogP contribution in [0.1, 0.15) is 13.3 Å². The molecule has 3 heteroatoms. The summed E-state index contributed by atoms with van der Waals surface area (Å²) in [5.74, 6) is 2.50. The molecule has 0 spiro atoms. The fourth-order valence-electron chi connectivity index (χ4n) is 1.10. The molecule has 0 aliphatic carbocycles. The average molecular weight is 194 g/mol. The number of carbonyl (C=O) groups is 1. The predicted octanol–water partition coefficient (Wildman–Crippen LogP) is 0.634. The third-order valence-corrected chi connectivity index (χ3v) is 1.70. The summed E-state index contributed by atoms with van der Waals surface area (Å²) in [6.07, 6.45) is 7.74. The highest BCUT2D eigenvalue weighted by atomic mass is 16.2. The third-order valence-electron chi connectivity index (χ3n) is 1.70. The highest BCUT2D eigenvalue weighted by molar-refractivity contribution is 5.78. The Balaban J connectivity index is 3.89. The Labute approximate surface area is 86.2 Å². The molecule has 0 saturated heterocycles. The van der Waals surface area contributed by atoms with Crippen molar-refractivity contribution >= 4 is 5.91 Å². The number of carbonyl (C=O) groups excluding carboxylic acids is 1. The lowest BCUT2D eigenvalue weighted by Crippen LogP contribution is -2.38. The molecule has 0 rings (SSSR count). The number of nitrogens with zero attached hydrogens (tertiary/aromatic N) is 1. The molecular formula is C11H18N2O. The van der Waals surface area contributed by atoms with Crippen LogP contribution in [0.25, 0.3) is 0 Å². The zero-order valence-corrected chi connectivity index (χ0v) is 8.75. The van der Waals surface area contributed by atoms with Gasteiger partial charge in [-0.25, -0.2) is 0 Å².